The summed E-state index contributed by atoms with van der Waals surface area (Å²) in [6, 6.07) is 1.44. The minimum Gasteiger partial charge on any atom is -0.412 e. The quantitative estimate of drug-likeness (QED) is 0.440. The summed E-state index contributed by atoms with van der Waals surface area (Å²) in [5.74, 6) is 0. The molecule has 0 unspecified atom stereocenters. The lowest BCUT2D eigenvalue weighted by Gasteiger charge is -1.87. The third kappa shape index (κ3) is 8.90. The van der Waals surface area contributed by atoms with Crippen LogP contribution in [0.15, 0.2) is 0 Å². The van der Waals surface area contributed by atoms with Gasteiger partial charge in [-0.3, -0.25) is 0 Å². The second kappa shape index (κ2) is 5.18. The molecule has 0 saturated heterocycles. The summed E-state index contributed by atoms with van der Waals surface area (Å²) in [6.45, 7) is 6.98. The van der Waals surface area contributed by atoms with E-state index in [1.54, 1.807) is 0 Å². The van der Waals surface area contributed by atoms with E-state index in [0.29, 0.717) is 0 Å². The normalized spacial score (nSPS) is 8.00. The van der Waals surface area contributed by atoms with Crippen LogP contribution in [0.5, 0.6) is 0 Å². The zero-order valence-corrected chi connectivity index (χ0v) is 5.94. The molecule has 0 fully saturated rings. The summed E-state index contributed by atoms with van der Waals surface area (Å²) >= 11 is 0. The van der Waals surface area contributed by atoms with Gasteiger partial charge in [-0.1, -0.05) is 26.1 Å². The molecule has 0 aromatic heterocycles. The Morgan fingerprint density at radius 2 is 1.50 bits per heavy atom. The van der Waals surface area contributed by atoms with Crippen LogP contribution in [-0.2, 0) is 0 Å². The van der Waals surface area contributed by atoms with Gasteiger partial charge in [-0.25, -0.2) is 0 Å². The fourth-order valence-electron chi connectivity index (χ4n) is 0. The van der Waals surface area contributed by atoms with Crippen molar-refractivity contribution in [3.05, 3.63) is 0 Å². The highest BCUT2D eigenvalue weighted by molar-refractivity contribution is 6.55. The number of rotatable bonds is 1. The smallest absolute Gasteiger partial charge is 0.0302 e. The van der Waals surface area contributed by atoms with Gasteiger partial charge in [0.1, 0.15) is 0 Å². The van der Waals surface area contributed by atoms with Crippen molar-refractivity contribution in [3.8, 4) is 0 Å². The first-order valence-electron chi connectivity index (χ1n) is 2.27. The molecule has 0 spiro atoms. The lowest BCUT2D eigenvalue weighted by molar-refractivity contribution is 0.824. The Hall–Kier alpha value is 0.177. The Labute approximate surface area is 41.3 Å². The summed E-state index contributed by atoms with van der Waals surface area (Å²) < 4.78 is 0. The summed E-state index contributed by atoms with van der Waals surface area (Å²) in [4.78, 5) is 0. The molecular weight excluding hydrogens is 92.1 g/mol. The van der Waals surface area contributed by atoms with Gasteiger partial charge >= 0.3 is 0 Å². The average Bonchev–Trinajstić information content (AvgIpc) is 1.38. The third-order valence-corrected chi connectivity index (χ3v) is 2.45. The second-order valence-electron chi connectivity index (χ2n) is 1.80. The number of hydrogen-bond donors (Lipinski definition) is 0. The van der Waals surface area contributed by atoms with Gasteiger partial charge in [-0.15, -0.1) is 0 Å². The van der Waals surface area contributed by atoms with Crippen molar-refractivity contribution in [2.24, 2.45) is 0 Å². The molecule has 2 heteroatoms. The average molecular weight is 106 g/mol. The SMILES string of the molecule is CC[SiH](C)C.O. The molecule has 40 valence electrons. The topological polar surface area (TPSA) is 31.5 Å². The third-order valence-electron chi connectivity index (χ3n) is 0.816. The van der Waals surface area contributed by atoms with Crippen LogP contribution < -0.4 is 0 Å². The van der Waals surface area contributed by atoms with Crippen molar-refractivity contribution in [1.29, 1.82) is 0 Å². The van der Waals surface area contributed by atoms with E-state index >= 15 is 0 Å². The van der Waals surface area contributed by atoms with Crippen LogP contribution in [0.3, 0.4) is 0 Å². The summed E-state index contributed by atoms with van der Waals surface area (Å²) in [7, 11) is -0.150. The largest absolute Gasteiger partial charge is 0.412 e. The maximum atomic E-state index is 2.36. The van der Waals surface area contributed by atoms with Gasteiger partial charge in [0.2, 0.25) is 0 Å². The zero-order valence-electron chi connectivity index (χ0n) is 4.78. The van der Waals surface area contributed by atoms with Gasteiger partial charge < -0.3 is 5.48 Å². The maximum absolute atomic E-state index is 2.36. The minimum absolute atomic E-state index is 0. The van der Waals surface area contributed by atoms with Crippen molar-refractivity contribution in [3.63, 3.8) is 0 Å². The molecule has 0 bridgehead atoms. The Bertz CT molecular complexity index is 21.5. The van der Waals surface area contributed by atoms with Crippen LogP contribution in [0.1, 0.15) is 6.92 Å². The Balaban J connectivity index is 0. The fourth-order valence-corrected chi connectivity index (χ4v) is 0. The first kappa shape index (κ1) is 9.49. The van der Waals surface area contributed by atoms with Gasteiger partial charge in [-0.2, -0.15) is 0 Å². The van der Waals surface area contributed by atoms with Crippen molar-refractivity contribution in [2.75, 3.05) is 0 Å². The van der Waals surface area contributed by atoms with Gasteiger partial charge in [-0.05, 0) is 0 Å². The Morgan fingerprint density at radius 3 is 1.50 bits per heavy atom. The van der Waals surface area contributed by atoms with E-state index in [-0.39, 0.29) is 14.3 Å². The van der Waals surface area contributed by atoms with Gasteiger partial charge in [0.15, 0.2) is 0 Å². The van der Waals surface area contributed by atoms with Crippen LogP contribution in [-0.4, -0.2) is 14.3 Å². The molecule has 0 aliphatic heterocycles. The summed E-state index contributed by atoms with van der Waals surface area (Å²) in [5.41, 5.74) is 0. The van der Waals surface area contributed by atoms with Gasteiger partial charge in [0.25, 0.3) is 0 Å². The molecule has 0 aliphatic carbocycles. The highest BCUT2D eigenvalue weighted by Gasteiger charge is 1.82. The maximum Gasteiger partial charge on any atom is 0.0302 e. The van der Waals surface area contributed by atoms with Crippen LogP contribution in [0, 0.1) is 0 Å². The van der Waals surface area contributed by atoms with E-state index in [1.165, 1.54) is 6.04 Å². The monoisotopic (exact) mass is 106 g/mol. The van der Waals surface area contributed by atoms with E-state index in [2.05, 4.69) is 20.0 Å². The molecular formula is C4H14OSi. The van der Waals surface area contributed by atoms with Crippen LogP contribution in [0.4, 0.5) is 0 Å². The molecule has 0 aromatic carbocycles. The van der Waals surface area contributed by atoms with E-state index in [4.69, 9.17) is 0 Å². The molecule has 0 amide bonds. The van der Waals surface area contributed by atoms with Crippen LogP contribution in [0.2, 0.25) is 19.1 Å². The molecule has 0 heterocycles. The second-order valence-corrected chi connectivity index (χ2v) is 5.41. The van der Waals surface area contributed by atoms with E-state index in [9.17, 15) is 0 Å². The van der Waals surface area contributed by atoms with Crippen molar-refractivity contribution < 1.29 is 5.48 Å². The van der Waals surface area contributed by atoms with Crippen molar-refractivity contribution >= 4 is 8.80 Å². The molecule has 2 N–H and O–H groups in total. The Morgan fingerprint density at radius 1 is 1.33 bits per heavy atom. The van der Waals surface area contributed by atoms with E-state index in [1.807, 2.05) is 0 Å². The van der Waals surface area contributed by atoms with Crippen molar-refractivity contribution in [1.82, 2.24) is 0 Å². The van der Waals surface area contributed by atoms with E-state index < -0.39 is 0 Å². The van der Waals surface area contributed by atoms with E-state index in [0.717, 1.165) is 0 Å². The highest BCUT2D eigenvalue weighted by Crippen LogP contribution is 1.83. The molecule has 6 heavy (non-hydrogen) atoms. The van der Waals surface area contributed by atoms with Crippen LogP contribution >= 0.6 is 0 Å². The fraction of sp³-hybridized carbons (Fsp3) is 1.00. The predicted octanol–water partition coefficient (Wildman–Crippen LogP) is 0.668. The zero-order chi connectivity index (χ0) is 4.28. The molecule has 0 saturated carbocycles. The Kier molecular flexibility index (Phi) is 8.19. The molecule has 0 atom stereocenters. The van der Waals surface area contributed by atoms with Gasteiger partial charge in [0, 0.05) is 8.80 Å². The summed E-state index contributed by atoms with van der Waals surface area (Å²) in [6.07, 6.45) is 0. The lowest BCUT2D eigenvalue weighted by atomic mass is 11.0. The first-order chi connectivity index (χ1) is 2.27. The van der Waals surface area contributed by atoms with Crippen LogP contribution in [0.25, 0.3) is 0 Å². The standard InChI is InChI=1S/C4H12Si.H2O/c1-4-5(2)3;/h5H,4H2,1-3H3;1H2. The number of hydrogen-bond acceptors (Lipinski definition) is 0. The molecule has 0 aliphatic rings. The lowest BCUT2D eigenvalue weighted by Crippen LogP contribution is -1.92. The molecule has 1 nitrogen and oxygen atoms in total. The molecule has 0 aromatic rings. The van der Waals surface area contributed by atoms with Crippen molar-refractivity contribution in [2.45, 2.75) is 26.1 Å². The first-order valence-corrected chi connectivity index (χ1v) is 5.40. The molecule has 0 radical (unpaired) electrons. The summed E-state index contributed by atoms with van der Waals surface area (Å²) in [5, 5.41) is 0. The molecule has 0 rings (SSSR count). The highest BCUT2D eigenvalue weighted by atomic mass is 28.3. The predicted molar refractivity (Wildman–Crippen MR) is 33.0 cm³/mol. The van der Waals surface area contributed by atoms with Gasteiger partial charge in [0.05, 0.1) is 0 Å². The minimum atomic E-state index is -0.150.